The van der Waals surface area contributed by atoms with Crippen molar-refractivity contribution in [2.24, 2.45) is 5.41 Å². The molecule has 78 heavy (non-hydrogen) atoms. The molecule has 5 aliphatic rings. The highest BCUT2D eigenvalue weighted by molar-refractivity contribution is 5.98. The summed E-state index contributed by atoms with van der Waals surface area (Å²) >= 11 is 0. The van der Waals surface area contributed by atoms with Crippen LogP contribution in [0.1, 0.15) is 81.2 Å². The van der Waals surface area contributed by atoms with Crippen LogP contribution in [0.15, 0.2) is 48.5 Å². The Morgan fingerprint density at radius 3 is 2.05 bits per heavy atom. The summed E-state index contributed by atoms with van der Waals surface area (Å²) < 4.78 is 167. The second-order valence-electron chi connectivity index (χ2n) is 21.9. The van der Waals surface area contributed by atoms with E-state index in [9.17, 15) is 9.90 Å². The zero-order valence-corrected chi connectivity index (χ0v) is 44.2. The second-order valence-corrected chi connectivity index (χ2v) is 21.9. The number of pyridine rings is 1. The molecule has 5 aromatic rings. The van der Waals surface area contributed by atoms with Gasteiger partial charge in [-0.3, -0.25) is 9.80 Å². The molecule has 2 aromatic heterocycles. The number of aliphatic hydroxyl groups is 1. The van der Waals surface area contributed by atoms with Gasteiger partial charge in [-0.25, -0.2) is 18.6 Å². The van der Waals surface area contributed by atoms with Gasteiger partial charge in [-0.1, -0.05) is 24.3 Å². The SMILES string of the molecule is COc1ccc(CN(Cc2ccc(OC)cc2)c2c(F)c(C)c(C(F)(F)F)c(-c3nc4c5c(nc(OCC6(CN7CCO[C@H](CO)C7)CC6)nc5c3F)N3CC5CCC([C@H]3[C@H](C)O4)N5C(=O)OC(C)(C)C)c2C(F)(F)F)cc1. The Morgan fingerprint density at radius 1 is 0.859 bits per heavy atom. The van der Waals surface area contributed by atoms with Gasteiger partial charge in [0.05, 0.1) is 75.1 Å². The maximum atomic E-state index is 18.3. The first-order chi connectivity index (χ1) is 36.9. The van der Waals surface area contributed by atoms with E-state index in [1.165, 1.54) is 62.8 Å². The molecule has 3 saturated heterocycles. The number of aromatic nitrogens is 3. The van der Waals surface area contributed by atoms with Crippen molar-refractivity contribution in [3.63, 3.8) is 0 Å². The number of rotatable bonds is 14. The third kappa shape index (κ3) is 10.6. The zero-order valence-electron chi connectivity index (χ0n) is 44.2. The van der Waals surface area contributed by atoms with E-state index in [0.29, 0.717) is 81.5 Å². The maximum Gasteiger partial charge on any atom is 0.419 e. The lowest BCUT2D eigenvalue weighted by molar-refractivity contribution is -0.142. The van der Waals surface area contributed by atoms with Gasteiger partial charge in [0.1, 0.15) is 45.6 Å². The Morgan fingerprint density at radius 2 is 1.49 bits per heavy atom. The number of alkyl halides is 6. The minimum absolute atomic E-state index is 0.00526. The lowest BCUT2D eigenvalue weighted by Crippen LogP contribution is -2.65. The quantitative estimate of drug-likeness (QED) is 0.105. The number of morpholine rings is 1. The number of methoxy groups -OCH3 is 2. The monoisotopic (exact) mass is 1100 g/mol. The lowest BCUT2D eigenvalue weighted by atomic mass is 9.89. The smallest absolute Gasteiger partial charge is 0.419 e. The van der Waals surface area contributed by atoms with Crippen molar-refractivity contribution < 1.29 is 73.4 Å². The predicted octanol–water partition coefficient (Wildman–Crippen LogP) is 10.1. The molecule has 6 heterocycles. The number of nitrogens with zero attached hydrogens (tertiary/aromatic N) is 7. The number of carbonyl (C=O) groups excluding carboxylic acids is 1. The molecule has 420 valence electrons. The molecular weight excluding hydrogens is 1040 g/mol. The lowest BCUT2D eigenvalue weighted by Gasteiger charge is -2.48. The van der Waals surface area contributed by atoms with E-state index in [1.54, 1.807) is 37.5 Å². The number of benzene rings is 3. The number of anilines is 2. The van der Waals surface area contributed by atoms with Crippen LogP contribution < -0.4 is 28.7 Å². The summed E-state index contributed by atoms with van der Waals surface area (Å²) in [6, 6.07) is 9.87. The van der Waals surface area contributed by atoms with Gasteiger partial charge in [-0.2, -0.15) is 36.3 Å². The van der Waals surface area contributed by atoms with E-state index in [2.05, 4.69) is 14.9 Å². The van der Waals surface area contributed by atoms with Gasteiger partial charge in [-0.15, -0.1) is 0 Å². The number of hydrogen-bond acceptors (Lipinski definition) is 14. The first-order valence-electron chi connectivity index (χ1n) is 25.9. The van der Waals surface area contributed by atoms with Crippen molar-refractivity contribution in [2.75, 3.05) is 70.0 Å². The van der Waals surface area contributed by atoms with E-state index in [-0.39, 0.29) is 37.1 Å². The zero-order chi connectivity index (χ0) is 55.8. The number of aliphatic hydroxyl groups excluding tert-OH is 1. The first kappa shape index (κ1) is 54.9. The number of hydrogen-bond donors (Lipinski definition) is 1. The van der Waals surface area contributed by atoms with Crippen LogP contribution in [-0.4, -0.2) is 132 Å². The van der Waals surface area contributed by atoms with Gasteiger partial charge in [0, 0.05) is 50.2 Å². The Balaban J connectivity index is 1.18. The summed E-state index contributed by atoms with van der Waals surface area (Å²) in [6.07, 6.45) is -11.1. The summed E-state index contributed by atoms with van der Waals surface area (Å²) in [5.74, 6) is -3.37. The van der Waals surface area contributed by atoms with Crippen LogP contribution in [0.3, 0.4) is 0 Å². The number of halogens is 8. The van der Waals surface area contributed by atoms with E-state index in [1.807, 2.05) is 0 Å². The molecule has 3 aromatic carbocycles. The normalized spacial score (nSPS) is 21.9. The Bertz CT molecular complexity index is 3020. The predicted molar refractivity (Wildman–Crippen MR) is 270 cm³/mol. The topological polar surface area (TPSA) is 144 Å². The average Bonchev–Trinajstić information content (AvgIpc) is 4.17. The minimum Gasteiger partial charge on any atom is -0.497 e. The molecule has 5 atom stereocenters. The Hall–Kier alpha value is -6.46. The summed E-state index contributed by atoms with van der Waals surface area (Å²) in [5.41, 5.74) is -11.5. The van der Waals surface area contributed by atoms with Crippen LogP contribution in [0.25, 0.3) is 22.2 Å². The molecular formula is C55H61F8N7O8. The van der Waals surface area contributed by atoms with Crippen molar-refractivity contribution in [2.45, 2.75) is 122 Å². The van der Waals surface area contributed by atoms with Crippen molar-refractivity contribution in [1.29, 1.82) is 0 Å². The van der Waals surface area contributed by atoms with Crippen LogP contribution >= 0.6 is 0 Å². The van der Waals surface area contributed by atoms with Crippen LogP contribution in [0.4, 0.5) is 51.4 Å². The molecule has 2 bridgehead atoms. The molecule has 1 N–H and O–H groups in total. The van der Waals surface area contributed by atoms with Gasteiger partial charge in [0.15, 0.2) is 11.6 Å². The molecule has 23 heteroatoms. The number of fused-ring (bicyclic) bond motifs is 5. The molecule has 0 spiro atoms. The molecule has 4 aliphatic heterocycles. The maximum absolute atomic E-state index is 18.3. The van der Waals surface area contributed by atoms with Crippen LogP contribution in [0.2, 0.25) is 0 Å². The van der Waals surface area contributed by atoms with Gasteiger partial charge < -0.3 is 43.3 Å². The minimum atomic E-state index is -5.81. The summed E-state index contributed by atoms with van der Waals surface area (Å²) in [5, 5.41) is 9.54. The van der Waals surface area contributed by atoms with Gasteiger partial charge in [0.2, 0.25) is 5.88 Å². The molecule has 0 radical (unpaired) electrons. The Kier molecular flexibility index (Phi) is 14.5. The molecule has 10 rings (SSSR count). The standard InChI is InChI=1S/C55H61F8N7O8/c1-29-40(54(58,59)60)38(41(55(61,62)63)47(42(29)56)68(22-31-8-13-34(73-6)14-9-31)23-32-10-15-35(74-7)16-11-32)44-43(57)45-39-48(66-50(65-45)76-28-53(18-19-53)27-67-20-21-75-36(25-67)26-71)69-24-33-12-17-37(46(69)30(2)77-49(39)64-44)70(33)51(72)78-52(3,4)5/h8-11,13-16,30,33,36-37,46,71H,12,17-28H2,1-7H3/t30-,33?,36-,37?,46+/m0/s1. The second kappa shape index (κ2) is 20.6. The summed E-state index contributed by atoms with van der Waals surface area (Å²) in [4.78, 5) is 34.0. The van der Waals surface area contributed by atoms with Gasteiger partial charge >= 0.3 is 24.5 Å². The number of carbonyl (C=O) groups is 1. The van der Waals surface area contributed by atoms with Gasteiger partial charge in [-0.05, 0) is 101 Å². The first-order valence-corrected chi connectivity index (χ1v) is 25.9. The Labute approximate surface area is 445 Å². The molecule has 1 aliphatic carbocycles. The highest BCUT2D eigenvalue weighted by Gasteiger charge is 2.55. The summed E-state index contributed by atoms with van der Waals surface area (Å²) in [7, 11) is 2.82. The van der Waals surface area contributed by atoms with Crippen LogP contribution in [0.5, 0.6) is 23.4 Å². The van der Waals surface area contributed by atoms with E-state index in [4.69, 9.17) is 33.4 Å². The third-order valence-corrected chi connectivity index (χ3v) is 15.4. The largest absolute Gasteiger partial charge is 0.497 e. The van der Waals surface area contributed by atoms with Crippen LogP contribution in [-0.2, 0) is 34.9 Å². The van der Waals surface area contributed by atoms with Gasteiger partial charge in [0.25, 0.3) is 0 Å². The number of piperazine rings is 1. The van der Waals surface area contributed by atoms with Crippen molar-refractivity contribution >= 4 is 28.5 Å². The van der Waals surface area contributed by atoms with Crippen molar-refractivity contribution in [3.8, 4) is 34.6 Å². The highest BCUT2D eigenvalue weighted by Crippen LogP contribution is 2.55. The fourth-order valence-electron chi connectivity index (χ4n) is 11.6. The van der Waals surface area contributed by atoms with E-state index in [0.717, 1.165) is 4.90 Å². The average molecular weight is 1100 g/mol. The fraction of sp³-hybridized carbons (Fsp3) is 0.527. The fourth-order valence-corrected chi connectivity index (χ4v) is 11.6. The highest BCUT2D eigenvalue weighted by atomic mass is 19.4. The number of ether oxygens (including phenoxy) is 6. The van der Waals surface area contributed by atoms with E-state index < -0.39 is 129 Å². The third-order valence-electron chi connectivity index (χ3n) is 15.4. The van der Waals surface area contributed by atoms with Crippen molar-refractivity contribution in [1.82, 2.24) is 24.8 Å². The molecule has 15 nitrogen and oxygen atoms in total. The van der Waals surface area contributed by atoms with Crippen molar-refractivity contribution in [3.05, 3.63) is 88.0 Å². The van der Waals surface area contributed by atoms with E-state index >= 15 is 35.1 Å². The summed E-state index contributed by atoms with van der Waals surface area (Å²) in [6.45, 7) is 8.41. The molecule has 1 saturated carbocycles. The molecule has 1 amide bonds. The number of amides is 1. The molecule has 4 fully saturated rings. The van der Waals surface area contributed by atoms with Crippen LogP contribution in [0, 0.1) is 24.0 Å². The molecule has 2 unspecified atom stereocenters.